The van der Waals surface area contributed by atoms with Crippen molar-refractivity contribution >= 4 is 5.91 Å². The lowest BCUT2D eigenvalue weighted by molar-refractivity contribution is -0.0431. The molecule has 1 amide bonds. The van der Waals surface area contributed by atoms with Gasteiger partial charge >= 0.3 is 0 Å². The van der Waals surface area contributed by atoms with Crippen molar-refractivity contribution in [2.75, 3.05) is 33.2 Å². The Morgan fingerprint density at radius 1 is 1.10 bits per heavy atom. The summed E-state index contributed by atoms with van der Waals surface area (Å²) in [4.78, 5) is 16.8. The molecule has 21 heavy (non-hydrogen) atoms. The molecule has 2 aliphatic heterocycles. The fourth-order valence-electron chi connectivity index (χ4n) is 2.79. The van der Waals surface area contributed by atoms with Crippen LogP contribution in [0.1, 0.15) is 30.6 Å². The summed E-state index contributed by atoms with van der Waals surface area (Å²) in [5.74, 6) is 0.765. The molecule has 1 aromatic carbocycles. The molecule has 5 heteroatoms. The molecule has 0 spiro atoms. The number of likely N-dealkylation sites (N-methyl/N-ethyl adjacent to an activating group) is 1. The lowest BCUT2D eigenvalue weighted by atomic mass is 10.1. The van der Waals surface area contributed by atoms with Gasteiger partial charge < -0.3 is 19.3 Å². The first-order valence-corrected chi connectivity index (χ1v) is 7.44. The van der Waals surface area contributed by atoms with Crippen LogP contribution in [0.15, 0.2) is 18.2 Å². The zero-order valence-electron chi connectivity index (χ0n) is 12.9. The van der Waals surface area contributed by atoms with Crippen molar-refractivity contribution in [3.05, 3.63) is 23.8 Å². The number of carbonyl (C=O) groups is 1. The number of amides is 1. The summed E-state index contributed by atoms with van der Waals surface area (Å²) in [7, 11) is 2.09. The lowest BCUT2D eigenvalue weighted by Crippen LogP contribution is -2.34. The first kappa shape index (κ1) is 14.2. The van der Waals surface area contributed by atoms with Gasteiger partial charge in [-0.2, -0.15) is 0 Å². The minimum absolute atomic E-state index is 0.0707. The first-order chi connectivity index (χ1) is 9.94. The molecule has 1 saturated heterocycles. The van der Waals surface area contributed by atoms with E-state index in [1.807, 2.05) is 30.9 Å². The Balaban J connectivity index is 1.77. The molecule has 0 N–H and O–H groups in total. The Kier molecular flexibility index (Phi) is 3.53. The second kappa shape index (κ2) is 5.22. The van der Waals surface area contributed by atoms with E-state index >= 15 is 0 Å². The van der Waals surface area contributed by atoms with Crippen molar-refractivity contribution < 1.29 is 14.3 Å². The summed E-state index contributed by atoms with van der Waals surface area (Å²) in [6.45, 7) is 7.26. The maximum atomic E-state index is 12.6. The summed E-state index contributed by atoms with van der Waals surface area (Å²) in [6, 6.07) is 5.43. The maximum absolute atomic E-state index is 12.6. The standard InChI is InChI=1S/C16H22N2O3/c1-16(2)20-13-6-5-12(11-14(13)21-16)15(19)18-8-4-7-17(3)9-10-18/h5-6,11H,4,7-10H2,1-3H3. The topological polar surface area (TPSA) is 42.0 Å². The molecule has 5 nitrogen and oxygen atoms in total. The van der Waals surface area contributed by atoms with Gasteiger partial charge in [0.2, 0.25) is 5.79 Å². The van der Waals surface area contributed by atoms with E-state index in [1.165, 1.54) is 0 Å². The van der Waals surface area contributed by atoms with Gasteiger partial charge in [-0.3, -0.25) is 4.79 Å². The average Bonchev–Trinajstić information content (AvgIpc) is 2.58. The highest BCUT2D eigenvalue weighted by molar-refractivity contribution is 5.95. The molecule has 0 saturated carbocycles. The summed E-state index contributed by atoms with van der Waals surface area (Å²) in [6.07, 6.45) is 1.01. The van der Waals surface area contributed by atoms with Crippen LogP contribution in [-0.2, 0) is 0 Å². The molecule has 0 bridgehead atoms. The third kappa shape index (κ3) is 2.97. The molecule has 0 atom stereocenters. The fourth-order valence-corrected chi connectivity index (χ4v) is 2.79. The number of nitrogens with zero attached hydrogens (tertiary/aromatic N) is 2. The quantitative estimate of drug-likeness (QED) is 0.793. The van der Waals surface area contributed by atoms with Crippen LogP contribution in [-0.4, -0.2) is 54.7 Å². The van der Waals surface area contributed by atoms with Gasteiger partial charge in [0.05, 0.1) is 0 Å². The van der Waals surface area contributed by atoms with Gasteiger partial charge in [0.15, 0.2) is 11.5 Å². The van der Waals surface area contributed by atoms with Crippen LogP contribution in [0, 0.1) is 0 Å². The van der Waals surface area contributed by atoms with Crippen molar-refractivity contribution in [1.82, 2.24) is 9.80 Å². The highest BCUT2D eigenvalue weighted by Gasteiger charge is 2.32. The van der Waals surface area contributed by atoms with Crippen molar-refractivity contribution in [2.24, 2.45) is 0 Å². The van der Waals surface area contributed by atoms with Crippen LogP contribution in [0.5, 0.6) is 11.5 Å². The molecule has 0 aromatic heterocycles. The summed E-state index contributed by atoms with van der Waals surface area (Å²) < 4.78 is 11.4. The fraction of sp³-hybridized carbons (Fsp3) is 0.562. The number of hydrogen-bond donors (Lipinski definition) is 0. The van der Waals surface area contributed by atoms with Crippen molar-refractivity contribution in [2.45, 2.75) is 26.1 Å². The second-order valence-electron chi connectivity index (χ2n) is 6.21. The minimum Gasteiger partial charge on any atom is -0.449 e. The van der Waals surface area contributed by atoms with E-state index in [0.717, 1.165) is 32.6 Å². The third-order valence-electron chi connectivity index (χ3n) is 3.91. The third-order valence-corrected chi connectivity index (χ3v) is 3.91. The molecule has 1 aromatic rings. The van der Waals surface area contributed by atoms with E-state index in [9.17, 15) is 4.79 Å². The van der Waals surface area contributed by atoms with Crippen LogP contribution in [0.3, 0.4) is 0 Å². The van der Waals surface area contributed by atoms with Gasteiger partial charge in [-0.25, -0.2) is 0 Å². The number of carbonyl (C=O) groups excluding carboxylic acids is 1. The van der Waals surface area contributed by atoms with Crippen molar-refractivity contribution in [3.63, 3.8) is 0 Å². The molecule has 1 fully saturated rings. The predicted octanol–water partition coefficient (Wildman–Crippen LogP) is 1.97. The highest BCUT2D eigenvalue weighted by Crippen LogP contribution is 2.39. The average molecular weight is 290 g/mol. The van der Waals surface area contributed by atoms with Crippen LogP contribution < -0.4 is 9.47 Å². The second-order valence-corrected chi connectivity index (χ2v) is 6.21. The molecular formula is C16H22N2O3. The monoisotopic (exact) mass is 290 g/mol. The number of benzene rings is 1. The molecule has 3 rings (SSSR count). The SMILES string of the molecule is CN1CCCN(C(=O)c2ccc3c(c2)OC(C)(C)O3)CC1. The number of fused-ring (bicyclic) bond motifs is 1. The Bertz CT molecular complexity index is 556. The maximum Gasteiger partial charge on any atom is 0.254 e. The van der Waals surface area contributed by atoms with Crippen LogP contribution in [0.2, 0.25) is 0 Å². The Labute approximate surface area is 125 Å². The predicted molar refractivity (Wildman–Crippen MR) is 79.8 cm³/mol. The van der Waals surface area contributed by atoms with E-state index in [2.05, 4.69) is 11.9 Å². The van der Waals surface area contributed by atoms with E-state index in [0.29, 0.717) is 17.1 Å². The van der Waals surface area contributed by atoms with Crippen LogP contribution in [0.25, 0.3) is 0 Å². The Hall–Kier alpha value is -1.75. The van der Waals surface area contributed by atoms with Gasteiger partial charge in [0, 0.05) is 39.0 Å². The molecule has 2 aliphatic rings. The molecule has 0 unspecified atom stereocenters. The zero-order chi connectivity index (χ0) is 15.0. The van der Waals surface area contributed by atoms with E-state index in [-0.39, 0.29) is 5.91 Å². The van der Waals surface area contributed by atoms with Gasteiger partial charge in [-0.1, -0.05) is 0 Å². The van der Waals surface area contributed by atoms with Crippen LogP contribution >= 0.6 is 0 Å². The largest absolute Gasteiger partial charge is 0.449 e. The van der Waals surface area contributed by atoms with E-state index < -0.39 is 5.79 Å². The van der Waals surface area contributed by atoms with Crippen molar-refractivity contribution in [3.8, 4) is 11.5 Å². The lowest BCUT2D eigenvalue weighted by Gasteiger charge is -2.20. The Morgan fingerprint density at radius 3 is 2.67 bits per heavy atom. The zero-order valence-corrected chi connectivity index (χ0v) is 12.9. The molecule has 2 heterocycles. The van der Waals surface area contributed by atoms with Gasteiger partial charge in [0.25, 0.3) is 5.91 Å². The molecular weight excluding hydrogens is 268 g/mol. The van der Waals surface area contributed by atoms with Gasteiger partial charge in [-0.15, -0.1) is 0 Å². The minimum atomic E-state index is -0.657. The summed E-state index contributed by atoms with van der Waals surface area (Å²) >= 11 is 0. The normalized spacial score (nSPS) is 21.2. The van der Waals surface area contributed by atoms with Crippen LogP contribution in [0.4, 0.5) is 0 Å². The molecule has 114 valence electrons. The highest BCUT2D eigenvalue weighted by atomic mass is 16.7. The molecule has 0 radical (unpaired) electrons. The summed E-state index contributed by atoms with van der Waals surface area (Å²) in [5.41, 5.74) is 0.666. The molecule has 0 aliphatic carbocycles. The van der Waals surface area contributed by atoms with Crippen molar-refractivity contribution in [1.29, 1.82) is 0 Å². The number of rotatable bonds is 1. The van der Waals surface area contributed by atoms with Gasteiger partial charge in [0.1, 0.15) is 0 Å². The van der Waals surface area contributed by atoms with E-state index in [4.69, 9.17) is 9.47 Å². The smallest absolute Gasteiger partial charge is 0.254 e. The number of ether oxygens (including phenoxy) is 2. The van der Waals surface area contributed by atoms with E-state index in [1.54, 1.807) is 6.07 Å². The first-order valence-electron chi connectivity index (χ1n) is 7.44. The van der Waals surface area contributed by atoms with Gasteiger partial charge in [-0.05, 0) is 38.2 Å². The Morgan fingerprint density at radius 2 is 1.86 bits per heavy atom. The summed E-state index contributed by atoms with van der Waals surface area (Å²) in [5, 5.41) is 0. The number of hydrogen-bond acceptors (Lipinski definition) is 4.